The first kappa shape index (κ1) is 12.9. The zero-order valence-electron chi connectivity index (χ0n) is 11.3. The van der Waals surface area contributed by atoms with Crippen LogP contribution in [0.25, 0.3) is 22.3 Å². The molecule has 1 aromatic heterocycles. The van der Waals surface area contributed by atoms with Crippen molar-refractivity contribution in [3.63, 3.8) is 0 Å². The van der Waals surface area contributed by atoms with E-state index in [2.05, 4.69) is 9.97 Å². The molecule has 3 aromatic rings. The fraction of sp³-hybridized carbons (Fsp3) is 0.0625. The number of aromatic amines is 1. The van der Waals surface area contributed by atoms with Crippen LogP contribution in [-0.4, -0.2) is 17.1 Å². The van der Waals surface area contributed by atoms with Crippen LogP contribution in [0.1, 0.15) is 5.56 Å². The number of hydrogen-bond donors (Lipinski definition) is 1. The molecule has 0 spiro atoms. The molecule has 0 aliphatic carbocycles. The lowest BCUT2D eigenvalue weighted by Crippen LogP contribution is -2.11. The molecule has 0 saturated carbocycles. The van der Waals surface area contributed by atoms with Gasteiger partial charge >= 0.3 is 0 Å². The Morgan fingerprint density at radius 2 is 1.95 bits per heavy atom. The summed E-state index contributed by atoms with van der Waals surface area (Å²) in [5.74, 6) is 0.674. The van der Waals surface area contributed by atoms with Crippen molar-refractivity contribution >= 4 is 11.0 Å². The van der Waals surface area contributed by atoms with Gasteiger partial charge in [-0.3, -0.25) is 4.79 Å². The van der Waals surface area contributed by atoms with Crippen molar-refractivity contribution in [2.75, 3.05) is 7.11 Å². The highest BCUT2D eigenvalue weighted by molar-refractivity contribution is 5.78. The van der Waals surface area contributed by atoms with Gasteiger partial charge in [-0.2, -0.15) is 5.26 Å². The minimum atomic E-state index is -0.266. The summed E-state index contributed by atoms with van der Waals surface area (Å²) in [7, 11) is 1.58. The third-order valence-corrected chi connectivity index (χ3v) is 3.19. The molecule has 0 unspecified atom stereocenters. The molecule has 0 radical (unpaired) electrons. The van der Waals surface area contributed by atoms with E-state index in [1.54, 1.807) is 49.6 Å². The third kappa shape index (κ3) is 2.35. The van der Waals surface area contributed by atoms with Crippen LogP contribution in [0.4, 0.5) is 0 Å². The minimum Gasteiger partial charge on any atom is -0.497 e. The predicted octanol–water partition coefficient (Wildman–Crippen LogP) is 2.47. The molecular formula is C16H11N3O2. The summed E-state index contributed by atoms with van der Waals surface area (Å²) < 4.78 is 5.16. The molecule has 102 valence electrons. The number of rotatable bonds is 2. The van der Waals surface area contributed by atoms with Crippen LogP contribution in [0.2, 0.25) is 0 Å². The topological polar surface area (TPSA) is 78.8 Å². The Kier molecular flexibility index (Phi) is 3.13. The van der Waals surface area contributed by atoms with Gasteiger partial charge in [-0.25, -0.2) is 4.98 Å². The van der Waals surface area contributed by atoms with E-state index in [1.807, 2.05) is 6.07 Å². The highest BCUT2D eigenvalue weighted by Crippen LogP contribution is 2.20. The van der Waals surface area contributed by atoms with E-state index in [0.29, 0.717) is 33.6 Å². The van der Waals surface area contributed by atoms with Crippen LogP contribution >= 0.6 is 0 Å². The first-order chi connectivity index (χ1) is 10.2. The Bertz CT molecular complexity index is 905. The van der Waals surface area contributed by atoms with E-state index >= 15 is 0 Å². The molecule has 5 heteroatoms. The van der Waals surface area contributed by atoms with Gasteiger partial charge in [-0.1, -0.05) is 12.1 Å². The quantitative estimate of drug-likeness (QED) is 0.780. The summed E-state index contributed by atoms with van der Waals surface area (Å²) in [5, 5.41) is 8.81. The summed E-state index contributed by atoms with van der Waals surface area (Å²) in [4.78, 5) is 19.3. The lowest BCUT2D eigenvalue weighted by atomic mass is 10.1. The summed E-state index contributed by atoms with van der Waals surface area (Å²) in [6.07, 6.45) is 0. The number of hydrogen-bond acceptors (Lipinski definition) is 4. The van der Waals surface area contributed by atoms with Crippen molar-refractivity contribution in [1.29, 1.82) is 5.26 Å². The molecule has 0 fully saturated rings. The summed E-state index contributed by atoms with van der Waals surface area (Å²) in [6.45, 7) is 0. The number of benzene rings is 2. The molecule has 5 nitrogen and oxygen atoms in total. The average Bonchev–Trinajstić information content (AvgIpc) is 2.54. The Morgan fingerprint density at radius 1 is 1.19 bits per heavy atom. The lowest BCUT2D eigenvalue weighted by molar-refractivity contribution is 0.415. The van der Waals surface area contributed by atoms with E-state index < -0.39 is 0 Å². The van der Waals surface area contributed by atoms with Gasteiger partial charge in [0.05, 0.1) is 29.8 Å². The van der Waals surface area contributed by atoms with Gasteiger partial charge in [-0.05, 0) is 24.3 Å². The molecule has 0 atom stereocenters. The second-order valence-electron chi connectivity index (χ2n) is 4.49. The van der Waals surface area contributed by atoms with Gasteiger partial charge < -0.3 is 9.72 Å². The van der Waals surface area contributed by atoms with E-state index in [1.165, 1.54) is 0 Å². The van der Waals surface area contributed by atoms with Crippen molar-refractivity contribution in [2.45, 2.75) is 0 Å². The van der Waals surface area contributed by atoms with Crippen molar-refractivity contribution in [2.24, 2.45) is 0 Å². The molecule has 0 amide bonds. The highest BCUT2D eigenvalue weighted by atomic mass is 16.5. The largest absolute Gasteiger partial charge is 0.497 e. The molecular weight excluding hydrogens is 266 g/mol. The number of aromatic nitrogens is 2. The normalized spacial score (nSPS) is 10.3. The van der Waals surface area contributed by atoms with E-state index in [9.17, 15) is 4.79 Å². The Morgan fingerprint density at radius 3 is 2.62 bits per heavy atom. The zero-order valence-corrected chi connectivity index (χ0v) is 11.3. The number of methoxy groups -OCH3 is 1. The minimum absolute atomic E-state index is 0.266. The first-order valence-corrected chi connectivity index (χ1v) is 6.30. The number of ether oxygens (including phenoxy) is 1. The van der Waals surface area contributed by atoms with Crippen molar-refractivity contribution in [3.8, 4) is 23.1 Å². The second kappa shape index (κ2) is 5.10. The average molecular weight is 277 g/mol. The molecule has 21 heavy (non-hydrogen) atoms. The van der Waals surface area contributed by atoms with E-state index in [4.69, 9.17) is 10.00 Å². The van der Waals surface area contributed by atoms with Crippen molar-refractivity contribution in [3.05, 3.63) is 58.4 Å². The molecule has 3 rings (SSSR count). The molecule has 1 heterocycles. The van der Waals surface area contributed by atoms with Crippen LogP contribution in [-0.2, 0) is 0 Å². The standard InChI is InChI=1S/C16H11N3O2/c1-21-12-6-7-13-14(8-12)18-15(16(20)19-13)11-4-2-10(9-17)3-5-11/h2-8H,1H3,(H,19,20). The monoisotopic (exact) mass is 277 g/mol. The molecule has 2 aromatic carbocycles. The molecule has 0 aliphatic rings. The van der Waals surface area contributed by atoms with E-state index in [-0.39, 0.29) is 5.56 Å². The fourth-order valence-corrected chi connectivity index (χ4v) is 2.09. The summed E-state index contributed by atoms with van der Waals surface area (Å²) in [5.41, 5.74) is 2.56. The van der Waals surface area contributed by atoms with Crippen LogP contribution in [0.3, 0.4) is 0 Å². The van der Waals surface area contributed by atoms with Crippen LogP contribution in [0, 0.1) is 11.3 Å². The van der Waals surface area contributed by atoms with Gasteiger partial charge in [0.25, 0.3) is 5.56 Å². The van der Waals surface area contributed by atoms with E-state index in [0.717, 1.165) is 0 Å². The van der Waals surface area contributed by atoms with Gasteiger partial charge in [0.2, 0.25) is 0 Å². The van der Waals surface area contributed by atoms with Gasteiger partial charge in [0.15, 0.2) is 0 Å². The SMILES string of the molecule is COc1ccc2[nH]c(=O)c(-c3ccc(C#N)cc3)nc2c1. The van der Waals surface area contributed by atoms with Gasteiger partial charge in [0, 0.05) is 11.6 Å². The van der Waals surface area contributed by atoms with Crippen LogP contribution in [0.15, 0.2) is 47.3 Å². The fourth-order valence-electron chi connectivity index (χ4n) is 2.09. The number of nitrogens with one attached hydrogen (secondary N) is 1. The number of nitriles is 1. The maximum atomic E-state index is 12.1. The predicted molar refractivity (Wildman–Crippen MR) is 79.1 cm³/mol. The van der Waals surface area contributed by atoms with Crippen molar-refractivity contribution < 1.29 is 4.74 Å². The molecule has 1 N–H and O–H groups in total. The number of H-pyrrole nitrogens is 1. The second-order valence-corrected chi connectivity index (χ2v) is 4.49. The number of nitrogens with zero attached hydrogens (tertiary/aromatic N) is 2. The molecule has 0 saturated heterocycles. The maximum absolute atomic E-state index is 12.1. The summed E-state index contributed by atoms with van der Waals surface area (Å²) in [6, 6.07) is 14.1. The molecule has 0 bridgehead atoms. The lowest BCUT2D eigenvalue weighted by Gasteiger charge is -2.05. The maximum Gasteiger partial charge on any atom is 0.274 e. The summed E-state index contributed by atoms with van der Waals surface area (Å²) >= 11 is 0. The zero-order chi connectivity index (χ0) is 14.8. The van der Waals surface area contributed by atoms with Gasteiger partial charge in [0.1, 0.15) is 11.4 Å². The Labute approximate surface area is 120 Å². The van der Waals surface area contributed by atoms with Crippen molar-refractivity contribution in [1.82, 2.24) is 9.97 Å². The smallest absolute Gasteiger partial charge is 0.274 e. The van der Waals surface area contributed by atoms with Crippen LogP contribution < -0.4 is 10.3 Å². The molecule has 0 aliphatic heterocycles. The van der Waals surface area contributed by atoms with Gasteiger partial charge in [-0.15, -0.1) is 0 Å². The first-order valence-electron chi connectivity index (χ1n) is 6.30. The van der Waals surface area contributed by atoms with Crippen LogP contribution in [0.5, 0.6) is 5.75 Å². The third-order valence-electron chi connectivity index (χ3n) is 3.19. The number of fused-ring (bicyclic) bond motifs is 1. The Hall–Kier alpha value is -3.13. The Balaban J connectivity index is 2.19. The highest BCUT2D eigenvalue weighted by Gasteiger charge is 2.08.